The Kier molecular flexibility index (Phi) is 3.30. The van der Waals surface area contributed by atoms with E-state index in [0.29, 0.717) is 6.42 Å². The van der Waals surface area contributed by atoms with Crippen molar-refractivity contribution < 1.29 is 9.90 Å². The molecular formula is C13H13ClO2. The van der Waals surface area contributed by atoms with Gasteiger partial charge < -0.3 is 5.11 Å². The molecule has 84 valence electrons. The summed E-state index contributed by atoms with van der Waals surface area (Å²) < 4.78 is 0. The average molecular weight is 237 g/mol. The largest absolute Gasteiger partial charge is 0.481 e. The van der Waals surface area contributed by atoms with E-state index in [1.165, 1.54) is 16.7 Å². The molecule has 0 aliphatic heterocycles. The topological polar surface area (TPSA) is 37.3 Å². The fourth-order valence-electron chi connectivity index (χ4n) is 1.98. The number of rotatable bonds is 3. The zero-order valence-corrected chi connectivity index (χ0v) is 9.63. The Labute approximate surface area is 99.5 Å². The van der Waals surface area contributed by atoms with Gasteiger partial charge in [-0.25, -0.2) is 0 Å². The molecular weight excluding hydrogens is 224 g/mol. The molecule has 1 aliphatic carbocycles. The highest BCUT2D eigenvalue weighted by atomic mass is 35.5. The molecule has 0 amide bonds. The van der Waals surface area contributed by atoms with Crippen LogP contribution in [0.4, 0.5) is 0 Å². The van der Waals surface area contributed by atoms with Crippen molar-refractivity contribution in [2.75, 3.05) is 0 Å². The normalized spacial score (nSPS) is 14.2. The number of carbonyl (C=O) groups is 1. The molecule has 0 saturated carbocycles. The summed E-state index contributed by atoms with van der Waals surface area (Å²) in [5, 5.41) is 9.40. The summed E-state index contributed by atoms with van der Waals surface area (Å²) in [4.78, 5) is 10.5. The molecule has 0 aromatic heterocycles. The van der Waals surface area contributed by atoms with E-state index in [2.05, 4.69) is 6.08 Å². The van der Waals surface area contributed by atoms with E-state index in [1.807, 2.05) is 18.2 Å². The van der Waals surface area contributed by atoms with Crippen LogP contribution in [0, 0.1) is 0 Å². The van der Waals surface area contributed by atoms with Crippen LogP contribution in [0.1, 0.15) is 30.4 Å². The van der Waals surface area contributed by atoms with Crippen LogP contribution < -0.4 is 0 Å². The first kappa shape index (κ1) is 11.2. The number of fused-ring (bicyclic) bond motifs is 1. The molecule has 0 fully saturated rings. The molecule has 0 saturated heterocycles. The van der Waals surface area contributed by atoms with Crippen LogP contribution in [0.3, 0.4) is 0 Å². The van der Waals surface area contributed by atoms with E-state index < -0.39 is 5.97 Å². The van der Waals surface area contributed by atoms with E-state index in [0.717, 1.165) is 17.9 Å². The molecule has 0 heterocycles. The van der Waals surface area contributed by atoms with Gasteiger partial charge >= 0.3 is 5.97 Å². The Morgan fingerprint density at radius 1 is 1.38 bits per heavy atom. The number of carboxylic acid groups (broad SMARTS) is 1. The number of halogens is 1. The molecule has 16 heavy (non-hydrogen) atoms. The van der Waals surface area contributed by atoms with Gasteiger partial charge in [0.15, 0.2) is 0 Å². The quantitative estimate of drug-likeness (QED) is 0.872. The van der Waals surface area contributed by atoms with E-state index in [-0.39, 0.29) is 6.42 Å². The third-order valence-electron chi connectivity index (χ3n) is 2.84. The summed E-state index contributed by atoms with van der Waals surface area (Å²) in [6.45, 7) is 0. The minimum atomic E-state index is -0.734. The summed E-state index contributed by atoms with van der Waals surface area (Å²) in [5.74, 6) is -0.734. The SMILES string of the molecule is O=C(O)CCC1=Cc2ccc(Cl)cc2CC1. The van der Waals surface area contributed by atoms with E-state index in [9.17, 15) is 4.79 Å². The Morgan fingerprint density at radius 2 is 2.19 bits per heavy atom. The second-order valence-corrected chi connectivity index (χ2v) is 4.48. The van der Waals surface area contributed by atoms with Gasteiger partial charge in [0.05, 0.1) is 0 Å². The van der Waals surface area contributed by atoms with Crippen molar-refractivity contribution in [3.05, 3.63) is 39.9 Å². The van der Waals surface area contributed by atoms with Gasteiger partial charge in [0, 0.05) is 11.4 Å². The molecule has 0 radical (unpaired) electrons. The van der Waals surface area contributed by atoms with Gasteiger partial charge in [0.1, 0.15) is 0 Å². The molecule has 1 N–H and O–H groups in total. The van der Waals surface area contributed by atoms with Gasteiger partial charge in [-0.2, -0.15) is 0 Å². The van der Waals surface area contributed by atoms with Crippen molar-refractivity contribution in [1.82, 2.24) is 0 Å². The summed E-state index contributed by atoms with van der Waals surface area (Å²) in [5.41, 5.74) is 3.65. The molecule has 0 unspecified atom stereocenters. The molecule has 1 aromatic rings. The van der Waals surface area contributed by atoms with Crippen LogP contribution in [0.5, 0.6) is 0 Å². The molecule has 1 aliphatic rings. The van der Waals surface area contributed by atoms with Crippen LogP contribution in [0.15, 0.2) is 23.8 Å². The van der Waals surface area contributed by atoms with Crippen LogP contribution in [0.25, 0.3) is 6.08 Å². The molecule has 1 aromatic carbocycles. The number of hydrogen-bond acceptors (Lipinski definition) is 1. The van der Waals surface area contributed by atoms with Crippen molar-refractivity contribution in [3.8, 4) is 0 Å². The lowest BCUT2D eigenvalue weighted by molar-refractivity contribution is -0.136. The van der Waals surface area contributed by atoms with Crippen molar-refractivity contribution in [2.24, 2.45) is 0 Å². The summed E-state index contributed by atoms with van der Waals surface area (Å²) >= 11 is 5.92. The second-order valence-electron chi connectivity index (χ2n) is 4.04. The molecule has 3 heteroatoms. The van der Waals surface area contributed by atoms with Gasteiger partial charge in [-0.05, 0) is 42.5 Å². The fraction of sp³-hybridized carbons (Fsp3) is 0.308. The average Bonchev–Trinajstić information content (AvgIpc) is 2.26. The third kappa shape index (κ3) is 2.64. The monoisotopic (exact) mass is 236 g/mol. The smallest absolute Gasteiger partial charge is 0.303 e. The van der Waals surface area contributed by atoms with E-state index >= 15 is 0 Å². The number of hydrogen-bond donors (Lipinski definition) is 1. The van der Waals surface area contributed by atoms with Gasteiger partial charge in [0.2, 0.25) is 0 Å². The zero-order valence-electron chi connectivity index (χ0n) is 8.87. The number of carboxylic acids is 1. The second kappa shape index (κ2) is 4.71. The minimum absolute atomic E-state index is 0.217. The van der Waals surface area contributed by atoms with Gasteiger partial charge in [0.25, 0.3) is 0 Å². The highest BCUT2D eigenvalue weighted by Crippen LogP contribution is 2.28. The summed E-state index contributed by atoms with van der Waals surface area (Å²) in [7, 11) is 0. The maximum atomic E-state index is 10.5. The molecule has 2 nitrogen and oxygen atoms in total. The number of aliphatic carboxylic acids is 1. The number of aryl methyl sites for hydroxylation is 1. The van der Waals surface area contributed by atoms with E-state index in [1.54, 1.807) is 0 Å². The van der Waals surface area contributed by atoms with Gasteiger partial charge in [-0.3, -0.25) is 4.79 Å². The van der Waals surface area contributed by atoms with Crippen molar-refractivity contribution in [3.63, 3.8) is 0 Å². The first-order chi connectivity index (χ1) is 7.65. The molecule has 0 bridgehead atoms. The number of benzene rings is 1. The maximum absolute atomic E-state index is 10.5. The summed E-state index contributed by atoms with van der Waals surface area (Å²) in [6.07, 6.45) is 4.87. The zero-order chi connectivity index (χ0) is 11.5. The predicted molar refractivity (Wildman–Crippen MR) is 64.6 cm³/mol. The lowest BCUT2D eigenvalue weighted by Gasteiger charge is -2.16. The van der Waals surface area contributed by atoms with Crippen molar-refractivity contribution in [2.45, 2.75) is 25.7 Å². The Hall–Kier alpha value is -1.28. The van der Waals surface area contributed by atoms with Crippen LogP contribution in [0.2, 0.25) is 5.02 Å². The van der Waals surface area contributed by atoms with Crippen molar-refractivity contribution >= 4 is 23.6 Å². The highest BCUT2D eigenvalue weighted by Gasteiger charge is 2.11. The van der Waals surface area contributed by atoms with Crippen LogP contribution >= 0.6 is 11.6 Å². The molecule has 2 rings (SSSR count). The van der Waals surface area contributed by atoms with Gasteiger partial charge in [-0.15, -0.1) is 0 Å². The Bertz CT molecular complexity index is 449. The Balaban J connectivity index is 2.15. The first-order valence-corrected chi connectivity index (χ1v) is 5.72. The molecule has 0 atom stereocenters. The fourth-order valence-corrected chi connectivity index (χ4v) is 2.18. The first-order valence-electron chi connectivity index (χ1n) is 5.35. The van der Waals surface area contributed by atoms with Crippen LogP contribution in [-0.2, 0) is 11.2 Å². The van der Waals surface area contributed by atoms with Crippen LogP contribution in [-0.4, -0.2) is 11.1 Å². The summed E-state index contributed by atoms with van der Waals surface area (Å²) in [6, 6.07) is 5.86. The molecule has 0 spiro atoms. The third-order valence-corrected chi connectivity index (χ3v) is 3.08. The van der Waals surface area contributed by atoms with Gasteiger partial charge in [-0.1, -0.05) is 29.3 Å². The van der Waals surface area contributed by atoms with E-state index in [4.69, 9.17) is 16.7 Å². The minimum Gasteiger partial charge on any atom is -0.481 e. The highest BCUT2D eigenvalue weighted by molar-refractivity contribution is 6.30. The standard InChI is InChI=1S/C13H13ClO2/c14-12-5-4-10-7-9(2-6-13(15)16)1-3-11(10)8-12/h4-5,7-8H,1-3,6H2,(H,15,16). The lowest BCUT2D eigenvalue weighted by atomic mass is 9.90. The lowest BCUT2D eigenvalue weighted by Crippen LogP contribution is -2.02. The maximum Gasteiger partial charge on any atom is 0.303 e. The van der Waals surface area contributed by atoms with Crippen molar-refractivity contribution in [1.29, 1.82) is 0 Å². The number of allylic oxidation sites excluding steroid dienone is 1. The predicted octanol–water partition coefficient (Wildman–Crippen LogP) is 3.53. The Morgan fingerprint density at radius 3 is 2.94 bits per heavy atom.